The Kier molecular flexibility index (Phi) is 5.47. The van der Waals surface area contributed by atoms with Crippen LogP contribution in [0, 0.1) is 6.92 Å². The lowest BCUT2D eigenvalue weighted by atomic mass is 10.0. The fourth-order valence-electron chi connectivity index (χ4n) is 2.56. The van der Waals surface area contributed by atoms with Crippen LogP contribution in [0.5, 0.6) is 5.75 Å². The van der Waals surface area contributed by atoms with Crippen molar-refractivity contribution in [1.29, 1.82) is 0 Å². The third-order valence-corrected chi connectivity index (χ3v) is 5.15. The van der Waals surface area contributed by atoms with Gasteiger partial charge in [-0.05, 0) is 56.5 Å². The quantitative estimate of drug-likeness (QED) is 0.845. The molecule has 1 saturated heterocycles. The predicted molar refractivity (Wildman–Crippen MR) is 85.4 cm³/mol. The summed E-state index contributed by atoms with van der Waals surface area (Å²) in [5.41, 5.74) is 1.47. The molecule has 1 aliphatic heterocycles. The molecular weight excluding hydrogens is 288 g/mol. The lowest BCUT2D eigenvalue weighted by Gasteiger charge is -2.23. The molecule has 1 aromatic rings. The molecule has 21 heavy (non-hydrogen) atoms. The predicted octanol–water partition coefficient (Wildman–Crippen LogP) is 2.28. The summed E-state index contributed by atoms with van der Waals surface area (Å²) in [5.74, 6) is 0.873. The fourth-order valence-corrected chi connectivity index (χ4v) is 3.82. The first-order valence-corrected chi connectivity index (χ1v) is 9.04. The van der Waals surface area contributed by atoms with E-state index in [1.165, 1.54) is 12.8 Å². The number of rotatable bonds is 6. The van der Waals surface area contributed by atoms with Crippen LogP contribution in [0.4, 0.5) is 5.69 Å². The fraction of sp³-hybridized carbons (Fsp3) is 0.600. The van der Waals surface area contributed by atoms with Gasteiger partial charge >= 0.3 is 0 Å². The van der Waals surface area contributed by atoms with Crippen molar-refractivity contribution in [3.05, 3.63) is 23.8 Å². The second kappa shape index (κ2) is 7.13. The summed E-state index contributed by atoms with van der Waals surface area (Å²) in [6.45, 7) is 2.86. The normalized spacial score (nSPS) is 19.2. The number of piperidine rings is 1. The van der Waals surface area contributed by atoms with Crippen molar-refractivity contribution in [1.82, 2.24) is 5.32 Å². The summed E-state index contributed by atoms with van der Waals surface area (Å²) >= 11 is 0. The van der Waals surface area contributed by atoms with Gasteiger partial charge < -0.3 is 10.1 Å². The molecule has 0 saturated carbocycles. The number of aryl methyl sites for hydroxylation is 1. The first-order valence-electron chi connectivity index (χ1n) is 7.39. The molecule has 2 N–H and O–H groups in total. The van der Waals surface area contributed by atoms with Crippen LogP contribution in [0.1, 0.15) is 31.2 Å². The molecule has 0 spiro atoms. The Labute approximate surface area is 127 Å². The van der Waals surface area contributed by atoms with Crippen molar-refractivity contribution in [2.24, 2.45) is 0 Å². The summed E-state index contributed by atoms with van der Waals surface area (Å²) in [6.07, 6.45) is 4.09. The first kappa shape index (κ1) is 16.1. The van der Waals surface area contributed by atoms with Gasteiger partial charge in [-0.1, -0.05) is 6.42 Å². The number of hydrogen-bond donors (Lipinski definition) is 2. The zero-order valence-corrected chi connectivity index (χ0v) is 13.5. The van der Waals surface area contributed by atoms with Gasteiger partial charge in [-0.15, -0.1) is 0 Å². The van der Waals surface area contributed by atoms with E-state index in [9.17, 15) is 8.42 Å². The summed E-state index contributed by atoms with van der Waals surface area (Å²) in [6, 6.07) is 5.64. The highest BCUT2D eigenvalue weighted by atomic mass is 32.2. The Morgan fingerprint density at radius 2 is 2.19 bits per heavy atom. The number of ether oxygens (including phenoxy) is 1. The average Bonchev–Trinajstić information content (AvgIpc) is 2.48. The van der Waals surface area contributed by atoms with Crippen LogP contribution < -0.4 is 14.8 Å². The second-order valence-corrected chi connectivity index (χ2v) is 7.38. The lowest BCUT2D eigenvalue weighted by Crippen LogP contribution is -2.36. The van der Waals surface area contributed by atoms with E-state index in [0.717, 1.165) is 24.3 Å². The summed E-state index contributed by atoms with van der Waals surface area (Å²) in [5, 5.41) is 3.37. The Bertz CT molecular complexity index is 566. The maximum atomic E-state index is 12.2. The molecule has 1 atom stereocenters. The Balaban J connectivity index is 1.93. The van der Waals surface area contributed by atoms with Gasteiger partial charge in [0, 0.05) is 6.04 Å². The van der Waals surface area contributed by atoms with Crippen LogP contribution in [0.15, 0.2) is 18.2 Å². The summed E-state index contributed by atoms with van der Waals surface area (Å²) in [7, 11) is -1.71. The van der Waals surface area contributed by atoms with Gasteiger partial charge in [0.1, 0.15) is 5.75 Å². The first-order chi connectivity index (χ1) is 10.00. The second-order valence-electron chi connectivity index (χ2n) is 5.54. The number of sulfonamides is 1. The maximum absolute atomic E-state index is 12.2. The largest absolute Gasteiger partial charge is 0.497 e. The van der Waals surface area contributed by atoms with Gasteiger partial charge in [-0.3, -0.25) is 4.72 Å². The molecule has 118 valence electrons. The standard InChI is InChI=1S/C15H24N2O3S/c1-12-11-14(20-2)6-7-15(12)17-21(18,19)10-8-13-5-3-4-9-16-13/h6-7,11,13,16-17H,3-5,8-10H2,1-2H3. The van der Waals surface area contributed by atoms with Crippen molar-refractivity contribution < 1.29 is 13.2 Å². The molecule has 2 rings (SSSR count). The number of anilines is 1. The molecule has 1 fully saturated rings. The monoisotopic (exact) mass is 312 g/mol. The van der Waals surface area contributed by atoms with E-state index in [2.05, 4.69) is 10.0 Å². The molecule has 0 amide bonds. The summed E-state index contributed by atoms with van der Waals surface area (Å²) in [4.78, 5) is 0. The number of methoxy groups -OCH3 is 1. The van der Waals surface area contributed by atoms with E-state index in [4.69, 9.17) is 4.74 Å². The van der Waals surface area contributed by atoms with E-state index in [0.29, 0.717) is 18.2 Å². The van der Waals surface area contributed by atoms with Crippen molar-refractivity contribution in [2.45, 2.75) is 38.6 Å². The highest BCUT2D eigenvalue weighted by Gasteiger charge is 2.18. The molecule has 0 bridgehead atoms. The minimum absolute atomic E-state index is 0.149. The van der Waals surface area contributed by atoms with Crippen LogP contribution in [-0.4, -0.2) is 33.9 Å². The van der Waals surface area contributed by atoms with Gasteiger partial charge in [0.25, 0.3) is 0 Å². The zero-order valence-electron chi connectivity index (χ0n) is 12.7. The number of hydrogen-bond acceptors (Lipinski definition) is 4. The maximum Gasteiger partial charge on any atom is 0.232 e. The molecule has 0 aliphatic carbocycles. The van der Waals surface area contributed by atoms with Crippen LogP contribution in [0.25, 0.3) is 0 Å². The van der Waals surface area contributed by atoms with E-state index in [1.54, 1.807) is 19.2 Å². The van der Waals surface area contributed by atoms with Crippen LogP contribution in [0.2, 0.25) is 0 Å². The van der Waals surface area contributed by atoms with Gasteiger partial charge in [0.2, 0.25) is 10.0 Å². The van der Waals surface area contributed by atoms with E-state index in [-0.39, 0.29) is 5.75 Å². The van der Waals surface area contributed by atoms with Crippen molar-refractivity contribution in [3.8, 4) is 5.75 Å². The third-order valence-electron chi connectivity index (χ3n) is 3.85. The highest BCUT2D eigenvalue weighted by molar-refractivity contribution is 7.92. The van der Waals surface area contributed by atoms with Crippen molar-refractivity contribution in [3.63, 3.8) is 0 Å². The van der Waals surface area contributed by atoms with Crippen molar-refractivity contribution in [2.75, 3.05) is 24.1 Å². The molecular formula is C15H24N2O3S. The van der Waals surface area contributed by atoms with E-state index < -0.39 is 10.0 Å². The molecule has 1 unspecified atom stereocenters. The van der Waals surface area contributed by atoms with Gasteiger partial charge in [0.15, 0.2) is 0 Å². The Morgan fingerprint density at radius 1 is 1.38 bits per heavy atom. The molecule has 1 heterocycles. The topological polar surface area (TPSA) is 67.4 Å². The lowest BCUT2D eigenvalue weighted by molar-refractivity contribution is 0.393. The van der Waals surface area contributed by atoms with Crippen LogP contribution >= 0.6 is 0 Å². The van der Waals surface area contributed by atoms with E-state index >= 15 is 0 Å². The smallest absolute Gasteiger partial charge is 0.232 e. The van der Waals surface area contributed by atoms with Crippen LogP contribution in [-0.2, 0) is 10.0 Å². The summed E-state index contributed by atoms with van der Waals surface area (Å²) < 4.78 is 32.1. The number of nitrogens with one attached hydrogen (secondary N) is 2. The Morgan fingerprint density at radius 3 is 2.81 bits per heavy atom. The SMILES string of the molecule is COc1ccc(NS(=O)(=O)CCC2CCCCN2)c(C)c1. The zero-order chi connectivity index (χ0) is 15.3. The molecule has 0 aromatic heterocycles. The van der Waals surface area contributed by atoms with E-state index in [1.807, 2.05) is 13.0 Å². The molecule has 0 radical (unpaired) electrons. The molecule has 6 heteroatoms. The molecule has 1 aliphatic rings. The minimum Gasteiger partial charge on any atom is -0.497 e. The molecule has 5 nitrogen and oxygen atoms in total. The van der Waals surface area contributed by atoms with Crippen molar-refractivity contribution >= 4 is 15.7 Å². The highest BCUT2D eigenvalue weighted by Crippen LogP contribution is 2.22. The average molecular weight is 312 g/mol. The third kappa shape index (κ3) is 4.89. The number of benzene rings is 1. The van der Waals surface area contributed by atoms with Gasteiger partial charge in [0.05, 0.1) is 18.6 Å². The van der Waals surface area contributed by atoms with Gasteiger partial charge in [-0.25, -0.2) is 8.42 Å². The Hall–Kier alpha value is -1.27. The van der Waals surface area contributed by atoms with Crippen LogP contribution in [0.3, 0.4) is 0 Å². The van der Waals surface area contributed by atoms with Gasteiger partial charge in [-0.2, -0.15) is 0 Å². The minimum atomic E-state index is -3.31. The molecule has 1 aromatic carbocycles.